The fraction of sp³-hybridized carbons (Fsp3) is 0.700. The van der Waals surface area contributed by atoms with Crippen LogP contribution < -0.4 is 5.73 Å². The van der Waals surface area contributed by atoms with Gasteiger partial charge in [-0.2, -0.15) is 0 Å². The van der Waals surface area contributed by atoms with E-state index in [9.17, 15) is 4.79 Å². The molecule has 1 heterocycles. The molecule has 5 nitrogen and oxygen atoms in total. The first-order valence-electron chi connectivity index (χ1n) is 5.42. The van der Waals surface area contributed by atoms with Crippen LogP contribution in [0.5, 0.6) is 0 Å². The zero-order chi connectivity index (χ0) is 11.3. The Hall–Kier alpha value is -1.39. The van der Waals surface area contributed by atoms with Gasteiger partial charge in [0, 0.05) is 6.54 Å². The van der Waals surface area contributed by atoms with Crippen LogP contribution in [0.4, 0.5) is 0 Å². The number of aromatic nitrogens is 3. The highest BCUT2D eigenvalue weighted by molar-refractivity contribution is 5.91. The van der Waals surface area contributed by atoms with Crippen molar-refractivity contribution in [3.63, 3.8) is 0 Å². The lowest BCUT2D eigenvalue weighted by molar-refractivity contribution is 0.0994. The minimum atomic E-state index is -0.485. The summed E-state index contributed by atoms with van der Waals surface area (Å²) >= 11 is 0. The summed E-state index contributed by atoms with van der Waals surface area (Å²) in [6.07, 6.45) is 3.89. The normalized spacial score (nSPS) is 10.5. The Balaban J connectivity index is 2.90. The van der Waals surface area contributed by atoms with Crippen molar-refractivity contribution in [2.24, 2.45) is 5.73 Å². The Labute approximate surface area is 89.6 Å². The molecule has 0 aliphatic heterocycles. The maximum absolute atomic E-state index is 11.1. The number of carbonyl (C=O) groups excluding carboxylic acids is 1. The molecule has 84 valence electrons. The molecular formula is C10H18N4O. The van der Waals surface area contributed by atoms with Crippen LogP contribution in [0.15, 0.2) is 0 Å². The Morgan fingerprint density at radius 1 is 1.40 bits per heavy atom. The molecule has 0 aliphatic carbocycles. The molecule has 5 heteroatoms. The van der Waals surface area contributed by atoms with Gasteiger partial charge < -0.3 is 5.73 Å². The number of amides is 1. The Morgan fingerprint density at radius 2 is 2.13 bits per heavy atom. The molecule has 1 aromatic rings. The summed E-state index contributed by atoms with van der Waals surface area (Å²) in [5, 5.41) is 7.78. The summed E-state index contributed by atoms with van der Waals surface area (Å²) in [6.45, 7) is 4.99. The van der Waals surface area contributed by atoms with Gasteiger partial charge in [-0.3, -0.25) is 4.79 Å². The van der Waals surface area contributed by atoms with Crippen LogP contribution in [0.2, 0.25) is 0 Å². The van der Waals surface area contributed by atoms with Crippen molar-refractivity contribution in [3.8, 4) is 0 Å². The van der Waals surface area contributed by atoms with E-state index in [2.05, 4.69) is 24.2 Å². The molecule has 0 radical (unpaired) electrons. The molecule has 0 spiro atoms. The van der Waals surface area contributed by atoms with Crippen molar-refractivity contribution in [3.05, 3.63) is 11.4 Å². The molecule has 0 atom stereocenters. The molecule has 1 amide bonds. The third-order valence-corrected chi connectivity index (χ3v) is 2.28. The maximum Gasteiger partial charge on any atom is 0.271 e. The number of primary amides is 1. The number of unbranched alkanes of at least 4 members (excludes halogenated alkanes) is 1. The largest absolute Gasteiger partial charge is 0.364 e. The molecule has 0 aliphatic rings. The molecule has 1 rings (SSSR count). The summed E-state index contributed by atoms with van der Waals surface area (Å²) in [5.74, 6) is -0.485. The second-order valence-electron chi connectivity index (χ2n) is 3.58. The van der Waals surface area contributed by atoms with Gasteiger partial charge in [0.25, 0.3) is 5.91 Å². The van der Waals surface area contributed by atoms with Crippen molar-refractivity contribution in [2.45, 2.75) is 46.1 Å². The molecule has 15 heavy (non-hydrogen) atoms. The number of hydrogen-bond donors (Lipinski definition) is 1. The lowest BCUT2D eigenvalue weighted by Crippen LogP contribution is -2.15. The maximum atomic E-state index is 11.1. The molecule has 2 N–H and O–H groups in total. The standard InChI is InChI=1S/C10H18N4O/c1-3-5-7-14-8(6-4-2)9(10(11)15)12-13-14/h3-7H2,1-2H3,(H2,11,15). The highest BCUT2D eigenvalue weighted by Gasteiger charge is 2.15. The first kappa shape index (κ1) is 11.7. The molecule has 0 aromatic carbocycles. The summed E-state index contributed by atoms with van der Waals surface area (Å²) in [7, 11) is 0. The van der Waals surface area contributed by atoms with E-state index in [-0.39, 0.29) is 0 Å². The van der Waals surface area contributed by atoms with E-state index in [0.717, 1.165) is 37.9 Å². The first-order valence-corrected chi connectivity index (χ1v) is 5.42. The van der Waals surface area contributed by atoms with Crippen molar-refractivity contribution in [2.75, 3.05) is 0 Å². The van der Waals surface area contributed by atoms with Crippen LogP contribution in [-0.4, -0.2) is 20.9 Å². The van der Waals surface area contributed by atoms with E-state index in [1.54, 1.807) is 4.68 Å². The van der Waals surface area contributed by atoms with Crippen molar-refractivity contribution in [1.82, 2.24) is 15.0 Å². The van der Waals surface area contributed by atoms with Gasteiger partial charge >= 0.3 is 0 Å². The SMILES string of the molecule is CCCCn1nnc(C(N)=O)c1CCC. The van der Waals surface area contributed by atoms with Crippen molar-refractivity contribution in [1.29, 1.82) is 0 Å². The molecule has 0 fully saturated rings. The zero-order valence-electron chi connectivity index (χ0n) is 9.36. The first-order chi connectivity index (χ1) is 7.20. The van der Waals surface area contributed by atoms with E-state index in [0.29, 0.717) is 5.69 Å². The summed E-state index contributed by atoms with van der Waals surface area (Å²) in [6, 6.07) is 0. The fourth-order valence-electron chi connectivity index (χ4n) is 1.50. The zero-order valence-corrected chi connectivity index (χ0v) is 9.36. The molecule has 0 unspecified atom stereocenters. The topological polar surface area (TPSA) is 73.8 Å². The predicted octanol–water partition coefficient (Wildman–Crippen LogP) is 1.13. The molecular weight excluding hydrogens is 192 g/mol. The third-order valence-electron chi connectivity index (χ3n) is 2.28. The molecule has 1 aromatic heterocycles. The monoisotopic (exact) mass is 210 g/mol. The number of hydrogen-bond acceptors (Lipinski definition) is 3. The lowest BCUT2D eigenvalue weighted by Gasteiger charge is -2.04. The quantitative estimate of drug-likeness (QED) is 0.764. The summed E-state index contributed by atoms with van der Waals surface area (Å²) < 4.78 is 1.80. The number of nitrogens with zero attached hydrogens (tertiary/aromatic N) is 3. The molecule has 0 bridgehead atoms. The van der Waals surface area contributed by atoms with Gasteiger partial charge in [-0.25, -0.2) is 4.68 Å². The second kappa shape index (κ2) is 5.48. The van der Waals surface area contributed by atoms with Crippen molar-refractivity contribution >= 4 is 5.91 Å². The smallest absolute Gasteiger partial charge is 0.271 e. The van der Waals surface area contributed by atoms with E-state index in [4.69, 9.17) is 5.73 Å². The van der Waals surface area contributed by atoms with Crippen LogP contribution >= 0.6 is 0 Å². The van der Waals surface area contributed by atoms with Crippen molar-refractivity contribution < 1.29 is 4.79 Å². The van der Waals surface area contributed by atoms with E-state index in [1.807, 2.05) is 0 Å². The highest BCUT2D eigenvalue weighted by atomic mass is 16.1. The van der Waals surface area contributed by atoms with Crippen LogP contribution in [0.25, 0.3) is 0 Å². The van der Waals surface area contributed by atoms with Gasteiger partial charge in [-0.15, -0.1) is 5.10 Å². The number of aryl methyl sites for hydroxylation is 1. The number of nitrogens with two attached hydrogens (primary N) is 1. The minimum Gasteiger partial charge on any atom is -0.364 e. The Bertz CT molecular complexity index is 332. The molecule has 0 saturated carbocycles. The Kier molecular flexibility index (Phi) is 4.27. The van der Waals surface area contributed by atoms with Gasteiger partial charge in [0.15, 0.2) is 5.69 Å². The van der Waals surface area contributed by atoms with Gasteiger partial charge in [-0.1, -0.05) is 31.9 Å². The average Bonchev–Trinajstić information content (AvgIpc) is 2.59. The van der Waals surface area contributed by atoms with Crippen LogP contribution in [-0.2, 0) is 13.0 Å². The lowest BCUT2D eigenvalue weighted by atomic mass is 10.2. The highest BCUT2D eigenvalue weighted by Crippen LogP contribution is 2.09. The second-order valence-corrected chi connectivity index (χ2v) is 3.58. The van der Waals surface area contributed by atoms with Gasteiger partial charge in [0.2, 0.25) is 0 Å². The third kappa shape index (κ3) is 2.78. The number of rotatable bonds is 6. The fourth-order valence-corrected chi connectivity index (χ4v) is 1.50. The van der Waals surface area contributed by atoms with Crippen LogP contribution in [0.1, 0.15) is 49.3 Å². The van der Waals surface area contributed by atoms with Gasteiger partial charge in [0.1, 0.15) is 0 Å². The summed E-state index contributed by atoms with van der Waals surface area (Å²) in [4.78, 5) is 11.1. The Morgan fingerprint density at radius 3 is 2.67 bits per heavy atom. The number of carbonyl (C=O) groups is 1. The van der Waals surface area contributed by atoms with E-state index < -0.39 is 5.91 Å². The average molecular weight is 210 g/mol. The van der Waals surface area contributed by atoms with Crippen LogP contribution in [0.3, 0.4) is 0 Å². The summed E-state index contributed by atoms with van der Waals surface area (Å²) in [5.41, 5.74) is 6.43. The minimum absolute atomic E-state index is 0.327. The van der Waals surface area contributed by atoms with Gasteiger partial charge in [0.05, 0.1) is 5.69 Å². The van der Waals surface area contributed by atoms with Gasteiger partial charge in [-0.05, 0) is 12.8 Å². The van der Waals surface area contributed by atoms with E-state index in [1.165, 1.54) is 0 Å². The van der Waals surface area contributed by atoms with E-state index >= 15 is 0 Å². The molecule has 0 saturated heterocycles. The predicted molar refractivity (Wildman–Crippen MR) is 57.4 cm³/mol. The van der Waals surface area contributed by atoms with Crippen LogP contribution in [0, 0.1) is 0 Å².